The molecular weight excluding hydrogens is 168 g/mol. The Hall–Kier alpha value is -1.45. The van der Waals surface area contributed by atoms with Gasteiger partial charge in [-0.15, -0.1) is 0 Å². The fourth-order valence-electron chi connectivity index (χ4n) is 1.17. The van der Waals surface area contributed by atoms with E-state index in [2.05, 4.69) is 4.98 Å². The van der Waals surface area contributed by atoms with Crippen LogP contribution in [0.1, 0.15) is 28.7 Å². The van der Waals surface area contributed by atoms with Gasteiger partial charge in [-0.25, -0.2) is 4.79 Å². The second-order valence-electron chi connectivity index (χ2n) is 2.88. The quantitative estimate of drug-likeness (QED) is 0.679. The van der Waals surface area contributed by atoms with Gasteiger partial charge in [0.1, 0.15) is 5.69 Å². The number of hydrogen-bond donors (Lipinski definition) is 2. The smallest absolute Gasteiger partial charge is 0.355 e. The molecule has 0 saturated heterocycles. The zero-order valence-corrected chi connectivity index (χ0v) is 8.10. The Morgan fingerprint density at radius 3 is 2.54 bits per heavy atom. The van der Waals surface area contributed by atoms with Crippen molar-refractivity contribution in [2.24, 2.45) is 0 Å². The van der Waals surface area contributed by atoms with Crippen molar-refractivity contribution < 1.29 is 9.53 Å². The van der Waals surface area contributed by atoms with Gasteiger partial charge in [0.05, 0.1) is 12.3 Å². The van der Waals surface area contributed by atoms with Crippen molar-refractivity contribution in [3.63, 3.8) is 0 Å². The van der Waals surface area contributed by atoms with Crippen LogP contribution in [-0.2, 0) is 4.74 Å². The molecule has 0 unspecified atom stereocenters. The van der Waals surface area contributed by atoms with E-state index in [0.717, 1.165) is 11.3 Å². The Morgan fingerprint density at radius 1 is 1.54 bits per heavy atom. The number of aryl methyl sites for hydroxylation is 1. The second kappa shape index (κ2) is 3.51. The predicted octanol–water partition coefficient (Wildman–Crippen LogP) is 1.39. The SMILES string of the molecule is CCOC(=O)c1[nH]c(C)c(N)c1C. The maximum absolute atomic E-state index is 11.3. The van der Waals surface area contributed by atoms with Crippen molar-refractivity contribution in [1.82, 2.24) is 4.98 Å². The lowest BCUT2D eigenvalue weighted by Crippen LogP contribution is -2.06. The highest BCUT2D eigenvalue weighted by atomic mass is 16.5. The molecule has 0 spiro atoms. The van der Waals surface area contributed by atoms with E-state index in [-0.39, 0.29) is 5.97 Å². The number of rotatable bonds is 2. The molecule has 1 aromatic rings. The summed E-state index contributed by atoms with van der Waals surface area (Å²) in [5.41, 5.74) is 8.35. The molecule has 4 nitrogen and oxygen atoms in total. The minimum Gasteiger partial charge on any atom is -0.461 e. The van der Waals surface area contributed by atoms with Gasteiger partial charge in [-0.05, 0) is 20.8 Å². The summed E-state index contributed by atoms with van der Waals surface area (Å²) in [5.74, 6) is -0.347. The van der Waals surface area contributed by atoms with Gasteiger partial charge < -0.3 is 15.5 Å². The monoisotopic (exact) mass is 182 g/mol. The van der Waals surface area contributed by atoms with Crippen LogP contribution >= 0.6 is 0 Å². The molecule has 0 atom stereocenters. The molecule has 3 N–H and O–H groups in total. The largest absolute Gasteiger partial charge is 0.461 e. The molecule has 1 heterocycles. The first-order chi connectivity index (χ1) is 6.07. The summed E-state index contributed by atoms with van der Waals surface area (Å²) in [6.07, 6.45) is 0. The Bertz CT molecular complexity index is 329. The number of anilines is 1. The number of hydrogen-bond acceptors (Lipinski definition) is 3. The number of aromatic nitrogens is 1. The third-order valence-electron chi connectivity index (χ3n) is 1.98. The van der Waals surface area contributed by atoms with Gasteiger partial charge in [0.2, 0.25) is 0 Å². The van der Waals surface area contributed by atoms with E-state index in [1.807, 2.05) is 6.92 Å². The Kier molecular flexibility index (Phi) is 2.60. The minimum atomic E-state index is -0.347. The molecule has 0 aliphatic carbocycles. The van der Waals surface area contributed by atoms with Gasteiger partial charge in [0.25, 0.3) is 0 Å². The molecule has 0 bridgehead atoms. The Morgan fingerprint density at radius 2 is 2.15 bits per heavy atom. The fraction of sp³-hybridized carbons (Fsp3) is 0.444. The van der Waals surface area contributed by atoms with Gasteiger partial charge in [-0.3, -0.25) is 0 Å². The van der Waals surface area contributed by atoms with Crippen LogP contribution in [0.15, 0.2) is 0 Å². The molecule has 0 fully saturated rings. The van der Waals surface area contributed by atoms with Crippen LogP contribution in [0, 0.1) is 13.8 Å². The van der Waals surface area contributed by atoms with Crippen molar-refractivity contribution in [2.75, 3.05) is 12.3 Å². The van der Waals surface area contributed by atoms with Gasteiger partial charge in [0, 0.05) is 11.3 Å². The number of nitrogens with two attached hydrogens (primary N) is 1. The minimum absolute atomic E-state index is 0.347. The number of H-pyrrole nitrogens is 1. The molecule has 72 valence electrons. The van der Waals surface area contributed by atoms with Crippen molar-refractivity contribution in [3.05, 3.63) is 17.0 Å². The summed E-state index contributed by atoms with van der Waals surface area (Å²) in [4.78, 5) is 14.2. The van der Waals surface area contributed by atoms with E-state index in [1.54, 1.807) is 13.8 Å². The predicted molar refractivity (Wildman–Crippen MR) is 50.6 cm³/mol. The molecule has 0 aliphatic rings. The summed E-state index contributed by atoms with van der Waals surface area (Å²) in [6, 6.07) is 0. The zero-order chi connectivity index (χ0) is 10.0. The van der Waals surface area contributed by atoms with Crippen LogP contribution in [0.4, 0.5) is 5.69 Å². The Balaban J connectivity index is 3.01. The summed E-state index contributed by atoms with van der Waals surface area (Å²) in [5, 5.41) is 0. The van der Waals surface area contributed by atoms with E-state index in [1.165, 1.54) is 0 Å². The van der Waals surface area contributed by atoms with Crippen molar-refractivity contribution >= 4 is 11.7 Å². The normalized spacial score (nSPS) is 10.1. The number of esters is 1. The van der Waals surface area contributed by atoms with E-state index in [0.29, 0.717) is 18.0 Å². The third-order valence-corrected chi connectivity index (χ3v) is 1.98. The highest BCUT2D eigenvalue weighted by molar-refractivity contribution is 5.91. The lowest BCUT2D eigenvalue weighted by molar-refractivity contribution is 0.0519. The number of ether oxygens (including phenoxy) is 1. The standard InChI is InChI=1S/C9H14N2O2/c1-4-13-9(12)8-5(2)7(10)6(3)11-8/h11H,4,10H2,1-3H3. The lowest BCUT2D eigenvalue weighted by atomic mass is 10.2. The molecule has 0 aromatic carbocycles. The van der Waals surface area contributed by atoms with E-state index in [9.17, 15) is 4.79 Å². The highest BCUT2D eigenvalue weighted by Crippen LogP contribution is 2.20. The van der Waals surface area contributed by atoms with Crippen LogP contribution in [0.3, 0.4) is 0 Å². The van der Waals surface area contributed by atoms with Crippen LogP contribution in [-0.4, -0.2) is 17.6 Å². The van der Waals surface area contributed by atoms with Gasteiger partial charge in [-0.2, -0.15) is 0 Å². The summed E-state index contributed by atoms with van der Waals surface area (Å²) >= 11 is 0. The molecule has 13 heavy (non-hydrogen) atoms. The molecule has 1 aromatic heterocycles. The Labute approximate surface area is 77.1 Å². The highest BCUT2D eigenvalue weighted by Gasteiger charge is 2.15. The van der Waals surface area contributed by atoms with Crippen LogP contribution < -0.4 is 5.73 Å². The number of nitrogens with one attached hydrogen (secondary N) is 1. The van der Waals surface area contributed by atoms with Crippen molar-refractivity contribution in [2.45, 2.75) is 20.8 Å². The number of nitrogen functional groups attached to an aromatic ring is 1. The summed E-state index contributed by atoms with van der Waals surface area (Å²) in [7, 11) is 0. The third kappa shape index (κ3) is 1.66. The second-order valence-corrected chi connectivity index (χ2v) is 2.88. The van der Waals surface area contributed by atoms with Gasteiger partial charge in [-0.1, -0.05) is 0 Å². The maximum Gasteiger partial charge on any atom is 0.355 e. The molecule has 0 aliphatic heterocycles. The first-order valence-electron chi connectivity index (χ1n) is 4.19. The summed E-state index contributed by atoms with van der Waals surface area (Å²) < 4.78 is 4.85. The van der Waals surface area contributed by atoms with Crippen LogP contribution in [0.25, 0.3) is 0 Å². The van der Waals surface area contributed by atoms with Gasteiger partial charge >= 0.3 is 5.97 Å². The van der Waals surface area contributed by atoms with E-state index >= 15 is 0 Å². The van der Waals surface area contributed by atoms with E-state index in [4.69, 9.17) is 10.5 Å². The molecule has 0 saturated carbocycles. The van der Waals surface area contributed by atoms with E-state index < -0.39 is 0 Å². The molecule has 4 heteroatoms. The van der Waals surface area contributed by atoms with Gasteiger partial charge in [0.15, 0.2) is 0 Å². The number of carbonyl (C=O) groups is 1. The van der Waals surface area contributed by atoms with Crippen LogP contribution in [0.5, 0.6) is 0 Å². The first kappa shape index (κ1) is 9.64. The first-order valence-corrected chi connectivity index (χ1v) is 4.19. The molecular formula is C9H14N2O2. The zero-order valence-electron chi connectivity index (χ0n) is 8.10. The lowest BCUT2D eigenvalue weighted by Gasteiger charge is -1.99. The average molecular weight is 182 g/mol. The van der Waals surface area contributed by atoms with Crippen molar-refractivity contribution in [3.8, 4) is 0 Å². The maximum atomic E-state index is 11.3. The average Bonchev–Trinajstić information content (AvgIpc) is 2.33. The number of carbonyl (C=O) groups excluding carboxylic acids is 1. The fourth-order valence-corrected chi connectivity index (χ4v) is 1.17. The van der Waals surface area contributed by atoms with Crippen LogP contribution in [0.2, 0.25) is 0 Å². The molecule has 0 radical (unpaired) electrons. The molecule has 1 rings (SSSR count). The number of aromatic amines is 1. The molecule has 0 amide bonds. The van der Waals surface area contributed by atoms with Crippen molar-refractivity contribution in [1.29, 1.82) is 0 Å². The summed E-state index contributed by atoms with van der Waals surface area (Å²) in [6.45, 7) is 5.76. The topological polar surface area (TPSA) is 68.1 Å².